The number of anilines is 1. The van der Waals surface area contributed by atoms with Gasteiger partial charge in [-0.2, -0.15) is 4.31 Å². The Morgan fingerprint density at radius 1 is 1.31 bits per heavy atom. The molecule has 0 bridgehead atoms. The second-order valence-corrected chi connectivity index (χ2v) is 10.4. The van der Waals surface area contributed by atoms with Gasteiger partial charge in [0.25, 0.3) is 0 Å². The SMILES string of the molecule is CC(=O)N1CCSc2ccc(S(=O)(=O)N(Cc3cccs3)C(C)C)cc21. The number of thioether (sulfide) groups is 1. The lowest BCUT2D eigenvalue weighted by molar-refractivity contribution is -0.116. The van der Waals surface area contributed by atoms with Gasteiger partial charge < -0.3 is 4.90 Å². The molecule has 1 aliphatic rings. The molecule has 2 heterocycles. The minimum absolute atomic E-state index is 0.0691. The highest BCUT2D eigenvalue weighted by Gasteiger charge is 2.30. The summed E-state index contributed by atoms with van der Waals surface area (Å²) in [6.45, 7) is 6.21. The molecule has 0 fully saturated rings. The van der Waals surface area contributed by atoms with Gasteiger partial charge in [0, 0.05) is 41.6 Å². The zero-order chi connectivity index (χ0) is 18.9. The van der Waals surface area contributed by atoms with Crippen LogP contribution in [0.2, 0.25) is 0 Å². The molecule has 1 amide bonds. The second kappa shape index (κ2) is 7.72. The Morgan fingerprint density at radius 2 is 2.08 bits per heavy atom. The third kappa shape index (κ3) is 3.83. The molecule has 0 atom stereocenters. The maximum atomic E-state index is 13.3. The number of thiophene rings is 1. The number of amides is 1. The van der Waals surface area contributed by atoms with Gasteiger partial charge in [-0.15, -0.1) is 23.1 Å². The van der Waals surface area contributed by atoms with E-state index in [0.29, 0.717) is 18.8 Å². The van der Waals surface area contributed by atoms with E-state index in [-0.39, 0.29) is 16.8 Å². The van der Waals surface area contributed by atoms with E-state index < -0.39 is 10.0 Å². The van der Waals surface area contributed by atoms with Crippen molar-refractivity contribution in [2.75, 3.05) is 17.2 Å². The molecule has 26 heavy (non-hydrogen) atoms. The molecule has 0 unspecified atom stereocenters. The van der Waals surface area contributed by atoms with Gasteiger partial charge in [0.2, 0.25) is 15.9 Å². The molecule has 1 aliphatic heterocycles. The smallest absolute Gasteiger partial charge is 0.243 e. The Bertz CT molecular complexity index is 892. The van der Waals surface area contributed by atoms with E-state index in [4.69, 9.17) is 0 Å². The molecule has 8 heteroatoms. The first-order valence-corrected chi connectivity index (χ1v) is 11.7. The van der Waals surface area contributed by atoms with Gasteiger partial charge in [-0.05, 0) is 43.5 Å². The lowest BCUT2D eigenvalue weighted by atomic mass is 10.2. The average molecular weight is 411 g/mol. The lowest BCUT2D eigenvalue weighted by Gasteiger charge is -2.30. The predicted octanol–water partition coefficient (Wildman–Crippen LogP) is 3.81. The number of rotatable bonds is 5. The normalized spacial score (nSPS) is 14.7. The number of hydrogen-bond donors (Lipinski definition) is 0. The van der Waals surface area contributed by atoms with Crippen molar-refractivity contribution < 1.29 is 13.2 Å². The van der Waals surface area contributed by atoms with Gasteiger partial charge in [0.1, 0.15) is 0 Å². The summed E-state index contributed by atoms with van der Waals surface area (Å²) < 4.78 is 28.1. The van der Waals surface area contributed by atoms with Crippen molar-refractivity contribution in [2.24, 2.45) is 0 Å². The lowest BCUT2D eigenvalue weighted by Crippen LogP contribution is -2.37. The fraction of sp³-hybridized carbons (Fsp3) is 0.389. The quantitative estimate of drug-likeness (QED) is 0.752. The van der Waals surface area contributed by atoms with Crippen molar-refractivity contribution >= 4 is 44.7 Å². The molecule has 1 aromatic heterocycles. The number of carbonyl (C=O) groups excluding carboxylic acids is 1. The van der Waals surface area contributed by atoms with Crippen LogP contribution in [0.15, 0.2) is 45.5 Å². The first kappa shape index (κ1) is 19.4. The van der Waals surface area contributed by atoms with Gasteiger partial charge in [0.05, 0.1) is 10.6 Å². The molecular formula is C18H22N2O3S3. The molecule has 0 radical (unpaired) electrons. The highest BCUT2D eigenvalue weighted by Crippen LogP contribution is 2.37. The Balaban J connectivity index is 2.00. The average Bonchev–Trinajstić information content (AvgIpc) is 3.11. The van der Waals surface area contributed by atoms with Crippen molar-refractivity contribution in [3.63, 3.8) is 0 Å². The van der Waals surface area contributed by atoms with Crippen molar-refractivity contribution in [1.29, 1.82) is 0 Å². The van der Waals surface area contributed by atoms with E-state index in [1.807, 2.05) is 37.4 Å². The molecule has 2 aromatic rings. The number of nitrogens with zero attached hydrogens (tertiary/aromatic N) is 2. The van der Waals surface area contributed by atoms with Crippen molar-refractivity contribution in [2.45, 2.75) is 43.1 Å². The molecule has 140 valence electrons. The zero-order valence-corrected chi connectivity index (χ0v) is 17.5. The maximum Gasteiger partial charge on any atom is 0.243 e. The van der Waals surface area contributed by atoms with Crippen molar-refractivity contribution in [1.82, 2.24) is 4.31 Å². The van der Waals surface area contributed by atoms with E-state index in [1.54, 1.807) is 40.1 Å². The highest BCUT2D eigenvalue weighted by molar-refractivity contribution is 7.99. The maximum absolute atomic E-state index is 13.3. The number of carbonyl (C=O) groups is 1. The molecule has 3 rings (SSSR count). The number of fused-ring (bicyclic) bond motifs is 1. The summed E-state index contributed by atoms with van der Waals surface area (Å²) in [7, 11) is -3.67. The van der Waals surface area contributed by atoms with Crippen LogP contribution in [0.5, 0.6) is 0 Å². The molecule has 0 aliphatic carbocycles. The minimum Gasteiger partial charge on any atom is -0.311 e. The van der Waals surface area contributed by atoms with E-state index in [0.717, 1.165) is 15.5 Å². The molecular weight excluding hydrogens is 388 g/mol. The van der Waals surface area contributed by atoms with E-state index in [1.165, 1.54) is 11.2 Å². The molecule has 0 saturated heterocycles. The summed E-state index contributed by atoms with van der Waals surface area (Å²) in [5.41, 5.74) is 0.689. The summed E-state index contributed by atoms with van der Waals surface area (Å²) in [5.74, 6) is 0.746. The Hall–Kier alpha value is -1.35. The summed E-state index contributed by atoms with van der Waals surface area (Å²) in [5, 5.41) is 1.95. The van der Waals surface area contributed by atoms with Crippen LogP contribution in [0, 0.1) is 0 Å². The van der Waals surface area contributed by atoms with Gasteiger partial charge >= 0.3 is 0 Å². The van der Waals surface area contributed by atoms with E-state index >= 15 is 0 Å². The second-order valence-electron chi connectivity index (χ2n) is 6.37. The van der Waals surface area contributed by atoms with Gasteiger partial charge in [-0.3, -0.25) is 4.79 Å². The first-order valence-electron chi connectivity index (χ1n) is 8.40. The third-order valence-corrected chi connectivity index (χ3v) is 8.17. The third-order valence-electron chi connectivity index (χ3n) is 4.25. The van der Waals surface area contributed by atoms with Crippen LogP contribution in [0.4, 0.5) is 5.69 Å². The molecule has 5 nitrogen and oxygen atoms in total. The summed E-state index contributed by atoms with van der Waals surface area (Å²) in [6.07, 6.45) is 0. The monoisotopic (exact) mass is 410 g/mol. The Labute approximate surface area is 163 Å². The molecule has 1 aromatic carbocycles. The first-order chi connectivity index (χ1) is 12.3. The van der Waals surface area contributed by atoms with Crippen LogP contribution in [0.3, 0.4) is 0 Å². The number of benzene rings is 1. The summed E-state index contributed by atoms with van der Waals surface area (Å²) in [4.78, 5) is 15.8. The Kier molecular flexibility index (Phi) is 5.76. The van der Waals surface area contributed by atoms with Crippen molar-refractivity contribution in [3.8, 4) is 0 Å². The van der Waals surface area contributed by atoms with Crippen LogP contribution in [-0.4, -0.2) is 37.0 Å². The molecule has 0 saturated carbocycles. The van der Waals surface area contributed by atoms with Crippen LogP contribution in [0.25, 0.3) is 0 Å². The number of hydrogen-bond acceptors (Lipinski definition) is 5. The molecule has 0 spiro atoms. The van der Waals surface area contributed by atoms with Gasteiger partial charge in [-0.25, -0.2) is 8.42 Å². The fourth-order valence-electron chi connectivity index (χ4n) is 2.92. The van der Waals surface area contributed by atoms with Gasteiger partial charge in [-0.1, -0.05) is 6.07 Å². The van der Waals surface area contributed by atoms with Crippen molar-refractivity contribution in [3.05, 3.63) is 40.6 Å². The van der Waals surface area contributed by atoms with Crippen LogP contribution < -0.4 is 4.90 Å². The van der Waals surface area contributed by atoms with Gasteiger partial charge in [0.15, 0.2) is 0 Å². The highest BCUT2D eigenvalue weighted by atomic mass is 32.2. The number of sulfonamides is 1. The fourth-order valence-corrected chi connectivity index (χ4v) is 6.32. The van der Waals surface area contributed by atoms with Crippen LogP contribution >= 0.6 is 23.1 Å². The van der Waals surface area contributed by atoms with Crippen LogP contribution in [0.1, 0.15) is 25.6 Å². The molecule has 0 N–H and O–H groups in total. The minimum atomic E-state index is -3.67. The van der Waals surface area contributed by atoms with E-state index in [2.05, 4.69) is 0 Å². The van der Waals surface area contributed by atoms with Crippen LogP contribution in [-0.2, 0) is 21.4 Å². The van der Waals surface area contributed by atoms with E-state index in [9.17, 15) is 13.2 Å². The predicted molar refractivity (Wildman–Crippen MR) is 107 cm³/mol. The topological polar surface area (TPSA) is 57.7 Å². The zero-order valence-electron chi connectivity index (χ0n) is 15.0. The standard InChI is InChI=1S/C18H22N2O3S3/c1-13(2)20(12-15-5-4-9-24-15)26(22,23)16-6-7-18-17(11-16)19(14(3)21)8-10-25-18/h4-7,9,11,13H,8,10,12H2,1-3H3. The Morgan fingerprint density at radius 3 is 2.69 bits per heavy atom. The summed E-state index contributed by atoms with van der Waals surface area (Å²) >= 11 is 3.19. The largest absolute Gasteiger partial charge is 0.311 e. The summed E-state index contributed by atoms with van der Waals surface area (Å²) in [6, 6.07) is 8.79.